The maximum Gasteiger partial charge on any atom is 0.221 e. The fourth-order valence-electron chi connectivity index (χ4n) is 1.44. The summed E-state index contributed by atoms with van der Waals surface area (Å²) in [6.45, 7) is 0.509. The second kappa shape index (κ2) is 6.86. The Bertz CT molecular complexity index is 470. The summed E-state index contributed by atoms with van der Waals surface area (Å²) in [5.41, 5.74) is 0.916. The van der Waals surface area contributed by atoms with Crippen molar-refractivity contribution >= 4 is 17.7 Å². The molecule has 4 nitrogen and oxygen atoms in total. The number of benzene rings is 1. The zero-order valence-corrected chi connectivity index (χ0v) is 10.7. The van der Waals surface area contributed by atoms with Gasteiger partial charge >= 0.3 is 0 Å². The van der Waals surface area contributed by atoms with Gasteiger partial charge in [-0.3, -0.25) is 9.89 Å². The molecule has 2 aromatic rings. The second-order valence-corrected chi connectivity index (χ2v) is 4.94. The summed E-state index contributed by atoms with van der Waals surface area (Å²) in [7, 11) is 0. The highest BCUT2D eigenvalue weighted by molar-refractivity contribution is 7.99. The number of hydrogen-bond acceptors (Lipinski definition) is 3. The molecule has 0 radical (unpaired) electrons. The number of hydrogen-bond donors (Lipinski definition) is 2. The first-order chi connectivity index (χ1) is 8.84. The van der Waals surface area contributed by atoms with E-state index in [2.05, 4.69) is 15.5 Å². The molecule has 94 valence electrons. The van der Waals surface area contributed by atoms with Crippen molar-refractivity contribution in [1.82, 2.24) is 15.5 Å². The monoisotopic (exact) mass is 261 g/mol. The average molecular weight is 261 g/mol. The molecular weight excluding hydrogens is 246 g/mol. The van der Waals surface area contributed by atoms with E-state index in [4.69, 9.17) is 0 Å². The summed E-state index contributed by atoms with van der Waals surface area (Å²) < 4.78 is 0. The minimum Gasteiger partial charge on any atom is -0.350 e. The van der Waals surface area contributed by atoms with Crippen LogP contribution in [0.4, 0.5) is 0 Å². The number of aromatic amines is 1. The van der Waals surface area contributed by atoms with Crippen LogP contribution in [0.5, 0.6) is 0 Å². The van der Waals surface area contributed by atoms with Gasteiger partial charge in [0.1, 0.15) is 0 Å². The summed E-state index contributed by atoms with van der Waals surface area (Å²) in [4.78, 5) is 12.8. The third-order valence-electron chi connectivity index (χ3n) is 2.38. The Morgan fingerprint density at radius 1 is 1.28 bits per heavy atom. The number of thioether (sulfide) groups is 1. The molecule has 0 unspecified atom stereocenters. The molecule has 0 spiro atoms. The van der Waals surface area contributed by atoms with E-state index in [1.165, 1.54) is 4.90 Å². The molecule has 0 aliphatic rings. The Hall–Kier alpha value is -1.75. The molecule has 0 bridgehead atoms. The Kier molecular flexibility index (Phi) is 4.84. The molecular formula is C13H15N3OS. The van der Waals surface area contributed by atoms with Gasteiger partial charge in [-0.1, -0.05) is 18.2 Å². The van der Waals surface area contributed by atoms with Crippen LogP contribution < -0.4 is 5.32 Å². The van der Waals surface area contributed by atoms with E-state index in [1.807, 2.05) is 36.4 Å². The summed E-state index contributed by atoms with van der Waals surface area (Å²) in [5.74, 6) is 0.853. The quantitative estimate of drug-likeness (QED) is 0.784. The van der Waals surface area contributed by atoms with Crippen LogP contribution in [-0.2, 0) is 11.3 Å². The van der Waals surface area contributed by atoms with E-state index in [9.17, 15) is 4.79 Å². The van der Waals surface area contributed by atoms with Crippen LogP contribution in [0.25, 0.3) is 0 Å². The smallest absolute Gasteiger partial charge is 0.221 e. The topological polar surface area (TPSA) is 57.8 Å². The highest BCUT2D eigenvalue weighted by Crippen LogP contribution is 2.17. The van der Waals surface area contributed by atoms with Gasteiger partial charge in [-0.2, -0.15) is 5.10 Å². The summed E-state index contributed by atoms with van der Waals surface area (Å²) >= 11 is 1.69. The molecule has 1 amide bonds. The first-order valence-corrected chi connectivity index (χ1v) is 6.76. The minimum atomic E-state index is 0.0630. The zero-order valence-electron chi connectivity index (χ0n) is 9.93. The standard InChI is InChI=1S/C13H15N3OS/c17-13(14-10-11-6-8-15-16-11)7-9-18-12-4-2-1-3-5-12/h1-6,8H,7,9-10H2,(H,14,17)(H,15,16). The Morgan fingerprint density at radius 3 is 2.83 bits per heavy atom. The van der Waals surface area contributed by atoms with Gasteiger partial charge in [0, 0.05) is 23.3 Å². The number of rotatable bonds is 6. The fraction of sp³-hybridized carbons (Fsp3) is 0.231. The number of H-pyrrole nitrogens is 1. The summed E-state index contributed by atoms with van der Waals surface area (Å²) in [6, 6.07) is 11.9. The van der Waals surface area contributed by atoms with Gasteiger partial charge in [-0.25, -0.2) is 0 Å². The summed E-state index contributed by atoms with van der Waals surface area (Å²) in [6.07, 6.45) is 2.19. The molecule has 0 aliphatic heterocycles. The Labute approximate surface area is 110 Å². The first kappa shape index (κ1) is 12.7. The Balaban J connectivity index is 1.63. The molecule has 0 fully saturated rings. The molecule has 1 aromatic carbocycles. The molecule has 1 heterocycles. The van der Waals surface area contributed by atoms with Crippen LogP contribution in [-0.4, -0.2) is 21.9 Å². The van der Waals surface area contributed by atoms with Crippen molar-refractivity contribution in [1.29, 1.82) is 0 Å². The molecule has 2 rings (SSSR count). The molecule has 5 heteroatoms. The van der Waals surface area contributed by atoms with E-state index in [1.54, 1.807) is 18.0 Å². The van der Waals surface area contributed by atoms with Gasteiger partial charge in [0.15, 0.2) is 0 Å². The largest absolute Gasteiger partial charge is 0.350 e. The number of aromatic nitrogens is 2. The lowest BCUT2D eigenvalue weighted by Gasteiger charge is -2.03. The lowest BCUT2D eigenvalue weighted by molar-refractivity contribution is -0.120. The van der Waals surface area contributed by atoms with Crippen molar-refractivity contribution in [2.45, 2.75) is 17.9 Å². The SMILES string of the molecule is O=C(CCSc1ccccc1)NCc1ccn[nH]1. The van der Waals surface area contributed by atoms with Gasteiger partial charge < -0.3 is 5.32 Å². The van der Waals surface area contributed by atoms with Crippen LogP contribution in [0.3, 0.4) is 0 Å². The normalized spacial score (nSPS) is 10.2. The van der Waals surface area contributed by atoms with Crippen LogP contribution >= 0.6 is 11.8 Å². The van der Waals surface area contributed by atoms with Crippen LogP contribution in [0.15, 0.2) is 47.5 Å². The lowest BCUT2D eigenvalue weighted by Crippen LogP contribution is -2.23. The van der Waals surface area contributed by atoms with Gasteiger partial charge in [-0.05, 0) is 18.2 Å². The Morgan fingerprint density at radius 2 is 2.11 bits per heavy atom. The van der Waals surface area contributed by atoms with E-state index >= 15 is 0 Å². The molecule has 0 atom stereocenters. The predicted molar refractivity (Wildman–Crippen MR) is 72.2 cm³/mol. The van der Waals surface area contributed by atoms with Crippen molar-refractivity contribution in [2.75, 3.05) is 5.75 Å². The third-order valence-corrected chi connectivity index (χ3v) is 3.39. The maximum atomic E-state index is 11.6. The first-order valence-electron chi connectivity index (χ1n) is 5.77. The van der Waals surface area contributed by atoms with Crippen molar-refractivity contribution in [3.05, 3.63) is 48.3 Å². The van der Waals surface area contributed by atoms with Gasteiger partial charge in [0.2, 0.25) is 5.91 Å². The molecule has 0 aliphatic carbocycles. The highest BCUT2D eigenvalue weighted by atomic mass is 32.2. The van der Waals surface area contributed by atoms with Crippen molar-refractivity contribution in [3.8, 4) is 0 Å². The molecule has 18 heavy (non-hydrogen) atoms. The maximum absolute atomic E-state index is 11.6. The lowest BCUT2D eigenvalue weighted by atomic mass is 10.4. The van der Waals surface area contributed by atoms with Crippen molar-refractivity contribution in [3.63, 3.8) is 0 Å². The van der Waals surface area contributed by atoms with Crippen LogP contribution in [0.1, 0.15) is 12.1 Å². The van der Waals surface area contributed by atoms with E-state index in [-0.39, 0.29) is 5.91 Å². The number of nitrogens with one attached hydrogen (secondary N) is 2. The molecule has 0 saturated heterocycles. The summed E-state index contributed by atoms with van der Waals surface area (Å²) in [5, 5.41) is 9.47. The van der Waals surface area contributed by atoms with Crippen molar-refractivity contribution in [2.24, 2.45) is 0 Å². The minimum absolute atomic E-state index is 0.0630. The number of amides is 1. The van der Waals surface area contributed by atoms with Gasteiger partial charge in [0.25, 0.3) is 0 Å². The molecule has 1 aromatic heterocycles. The molecule has 2 N–H and O–H groups in total. The molecule has 0 saturated carbocycles. The van der Waals surface area contributed by atoms with Crippen LogP contribution in [0.2, 0.25) is 0 Å². The average Bonchev–Trinajstić information content (AvgIpc) is 2.91. The highest BCUT2D eigenvalue weighted by Gasteiger charge is 2.02. The van der Waals surface area contributed by atoms with Gasteiger partial charge in [0.05, 0.1) is 12.2 Å². The van der Waals surface area contributed by atoms with Gasteiger partial charge in [-0.15, -0.1) is 11.8 Å². The van der Waals surface area contributed by atoms with Crippen molar-refractivity contribution < 1.29 is 4.79 Å². The van der Waals surface area contributed by atoms with E-state index < -0.39 is 0 Å². The van der Waals surface area contributed by atoms with E-state index in [0.717, 1.165) is 11.4 Å². The third kappa shape index (κ3) is 4.25. The second-order valence-electron chi connectivity index (χ2n) is 3.77. The van der Waals surface area contributed by atoms with Crippen LogP contribution in [0, 0.1) is 0 Å². The number of nitrogens with zero attached hydrogens (tertiary/aromatic N) is 1. The number of carbonyl (C=O) groups excluding carboxylic acids is 1. The fourth-order valence-corrected chi connectivity index (χ4v) is 2.32. The number of carbonyl (C=O) groups is 1. The predicted octanol–water partition coefficient (Wildman–Crippen LogP) is 2.21. The van der Waals surface area contributed by atoms with E-state index in [0.29, 0.717) is 13.0 Å². The zero-order chi connectivity index (χ0) is 12.6.